The lowest BCUT2D eigenvalue weighted by Crippen LogP contribution is -2.62. The van der Waals surface area contributed by atoms with Gasteiger partial charge in [-0.1, -0.05) is 20.8 Å². The zero-order valence-electron chi connectivity index (χ0n) is 15.8. The van der Waals surface area contributed by atoms with Gasteiger partial charge in [-0.2, -0.15) is 0 Å². The molecule has 1 aliphatic carbocycles. The molecule has 1 fully saturated rings. The molecular formula is C21H24N4O. The standard InChI is InChI=1S/C21H24N4O/c1-12-10-24-16(11-23-12)19-25-15-9-14-13(7-17(15)26-19)8-18-20(2,3)21(14,4)5-6-22-18/h7,9-11,18,22H,5-6,8H2,1-4H3/t18-,21+/m1/s1. The zero-order valence-corrected chi connectivity index (χ0v) is 15.8. The van der Waals surface area contributed by atoms with Crippen molar-refractivity contribution in [2.75, 3.05) is 6.54 Å². The average Bonchev–Trinajstić information content (AvgIpc) is 3.00. The summed E-state index contributed by atoms with van der Waals surface area (Å²) in [5.74, 6) is 0.542. The van der Waals surface area contributed by atoms with E-state index < -0.39 is 0 Å². The summed E-state index contributed by atoms with van der Waals surface area (Å²) in [6.07, 6.45) is 5.65. The first-order valence-corrected chi connectivity index (χ1v) is 9.35. The van der Waals surface area contributed by atoms with Crippen molar-refractivity contribution < 1.29 is 4.42 Å². The number of fused-ring (bicyclic) bond motifs is 5. The Morgan fingerprint density at radius 2 is 2.00 bits per heavy atom. The topological polar surface area (TPSA) is 63.8 Å². The van der Waals surface area contributed by atoms with Gasteiger partial charge in [0.25, 0.3) is 0 Å². The predicted molar refractivity (Wildman–Crippen MR) is 101 cm³/mol. The monoisotopic (exact) mass is 348 g/mol. The molecular weight excluding hydrogens is 324 g/mol. The molecule has 2 atom stereocenters. The Balaban J connectivity index is 1.68. The Morgan fingerprint density at radius 3 is 2.77 bits per heavy atom. The summed E-state index contributed by atoms with van der Waals surface area (Å²) >= 11 is 0. The smallest absolute Gasteiger partial charge is 0.247 e. The van der Waals surface area contributed by atoms with Crippen molar-refractivity contribution in [3.8, 4) is 11.6 Å². The van der Waals surface area contributed by atoms with Crippen LogP contribution in [0.4, 0.5) is 0 Å². The van der Waals surface area contributed by atoms with E-state index in [-0.39, 0.29) is 10.8 Å². The minimum atomic E-state index is 0.146. The molecule has 0 radical (unpaired) electrons. The lowest BCUT2D eigenvalue weighted by molar-refractivity contribution is 0.0561. The van der Waals surface area contributed by atoms with E-state index in [0.717, 1.165) is 36.2 Å². The number of aryl methyl sites for hydroxylation is 1. The Labute approximate surface area is 153 Å². The number of hydrogen-bond donors (Lipinski definition) is 1. The van der Waals surface area contributed by atoms with E-state index in [2.05, 4.69) is 48.2 Å². The third-order valence-corrected chi connectivity index (χ3v) is 6.94. The second-order valence-corrected chi connectivity index (χ2v) is 8.55. The van der Waals surface area contributed by atoms with Gasteiger partial charge in [-0.05, 0) is 55.0 Å². The summed E-state index contributed by atoms with van der Waals surface area (Å²) < 4.78 is 6.03. The van der Waals surface area contributed by atoms with Crippen molar-refractivity contribution in [2.45, 2.75) is 52.0 Å². The fourth-order valence-electron chi connectivity index (χ4n) is 4.80. The summed E-state index contributed by atoms with van der Waals surface area (Å²) in [5, 5.41) is 3.73. The third-order valence-electron chi connectivity index (χ3n) is 6.94. The van der Waals surface area contributed by atoms with Crippen LogP contribution in [0.3, 0.4) is 0 Å². The van der Waals surface area contributed by atoms with Crippen LogP contribution in [-0.2, 0) is 11.8 Å². The second-order valence-electron chi connectivity index (χ2n) is 8.55. The van der Waals surface area contributed by atoms with Crippen LogP contribution in [0.15, 0.2) is 28.9 Å². The van der Waals surface area contributed by atoms with Gasteiger partial charge in [0.1, 0.15) is 11.2 Å². The molecule has 134 valence electrons. The molecule has 5 nitrogen and oxygen atoms in total. The lowest BCUT2D eigenvalue weighted by Gasteiger charge is -2.57. The summed E-state index contributed by atoms with van der Waals surface area (Å²) in [5.41, 5.74) is 6.48. The van der Waals surface area contributed by atoms with Gasteiger partial charge in [0.15, 0.2) is 5.58 Å². The highest BCUT2D eigenvalue weighted by Gasteiger charge is 2.53. The van der Waals surface area contributed by atoms with Crippen LogP contribution in [0, 0.1) is 12.3 Å². The molecule has 3 heterocycles. The first-order chi connectivity index (χ1) is 12.4. The highest BCUT2D eigenvalue weighted by Crippen LogP contribution is 2.54. The summed E-state index contributed by atoms with van der Waals surface area (Å²) in [6, 6.07) is 4.94. The highest BCUT2D eigenvalue weighted by atomic mass is 16.3. The Hall–Kier alpha value is -2.27. The summed E-state index contributed by atoms with van der Waals surface area (Å²) in [4.78, 5) is 13.4. The number of aromatic nitrogens is 3. The molecule has 0 saturated carbocycles. The van der Waals surface area contributed by atoms with Gasteiger partial charge in [0.05, 0.1) is 11.9 Å². The minimum absolute atomic E-state index is 0.146. The fraction of sp³-hybridized carbons (Fsp3) is 0.476. The number of benzene rings is 1. The SMILES string of the molecule is Cc1cnc(-c2nc3cc4c(cc3o2)C[C@H]2NCC[C@]4(C)C2(C)C)cn1. The molecule has 2 aromatic heterocycles. The van der Waals surface area contributed by atoms with Gasteiger partial charge in [-0.25, -0.2) is 9.97 Å². The molecule has 1 aliphatic heterocycles. The number of rotatable bonds is 1. The van der Waals surface area contributed by atoms with Crippen molar-refractivity contribution in [1.29, 1.82) is 0 Å². The summed E-state index contributed by atoms with van der Waals surface area (Å²) in [7, 11) is 0. The predicted octanol–water partition coefficient (Wildman–Crippen LogP) is 3.80. The average molecular weight is 348 g/mol. The molecule has 0 amide bonds. The lowest BCUT2D eigenvalue weighted by atomic mass is 9.51. The fourth-order valence-corrected chi connectivity index (χ4v) is 4.80. The molecule has 5 rings (SSSR count). The van der Waals surface area contributed by atoms with Crippen molar-refractivity contribution >= 4 is 11.1 Å². The van der Waals surface area contributed by atoms with Crippen LogP contribution in [-0.4, -0.2) is 27.5 Å². The van der Waals surface area contributed by atoms with E-state index in [4.69, 9.17) is 9.40 Å². The third kappa shape index (κ3) is 2.04. The van der Waals surface area contributed by atoms with Crippen molar-refractivity contribution in [2.24, 2.45) is 5.41 Å². The van der Waals surface area contributed by atoms with Crippen LogP contribution in [0.25, 0.3) is 22.7 Å². The Bertz CT molecular complexity index is 1000. The van der Waals surface area contributed by atoms with Crippen molar-refractivity contribution in [1.82, 2.24) is 20.3 Å². The largest absolute Gasteiger partial charge is 0.435 e. The van der Waals surface area contributed by atoms with Crippen LogP contribution >= 0.6 is 0 Å². The molecule has 3 aromatic rings. The maximum atomic E-state index is 6.03. The van der Waals surface area contributed by atoms with Gasteiger partial charge in [-0.15, -0.1) is 0 Å². The Kier molecular flexibility index (Phi) is 3.15. The molecule has 1 N–H and O–H groups in total. The van der Waals surface area contributed by atoms with E-state index >= 15 is 0 Å². The van der Waals surface area contributed by atoms with Crippen LogP contribution < -0.4 is 5.32 Å². The van der Waals surface area contributed by atoms with Gasteiger partial charge in [-0.3, -0.25) is 4.98 Å². The normalized spacial score (nSPS) is 26.7. The number of oxazole rings is 1. The molecule has 0 unspecified atom stereocenters. The molecule has 1 aromatic carbocycles. The van der Waals surface area contributed by atoms with Crippen molar-refractivity contribution in [3.05, 3.63) is 41.3 Å². The summed E-state index contributed by atoms with van der Waals surface area (Å²) in [6.45, 7) is 10.2. The number of hydrogen-bond acceptors (Lipinski definition) is 5. The molecule has 26 heavy (non-hydrogen) atoms. The van der Waals surface area contributed by atoms with Gasteiger partial charge >= 0.3 is 0 Å². The van der Waals surface area contributed by atoms with Gasteiger partial charge in [0, 0.05) is 17.7 Å². The van der Waals surface area contributed by atoms with Crippen molar-refractivity contribution in [3.63, 3.8) is 0 Å². The number of nitrogens with one attached hydrogen (secondary N) is 1. The Morgan fingerprint density at radius 1 is 1.15 bits per heavy atom. The molecule has 0 spiro atoms. The quantitative estimate of drug-likeness (QED) is 0.725. The number of nitrogens with zero attached hydrogens (tertiary/aromatic N) is 3. The highest BCUT2D eigenvalue weighted by molar-refractivity contribution is 5.78. The van der Waals surface area contributed by atoms with E-state index in [1.165, 1.54) is 11.1 Å². The van der Waals surface area contributed by atoms with Crippen LogP contribution in [0.5, 0.6) is 0 Å². The van der Waals surface area contributed by atoms with E-state index in [1.807, 2.05) is 6.92 Å². The van der Waals surface area contributed by atoms with E-state index in [1.54, 1.807) is 12.4 Å². The minimum Gasteiger partial charge on any atom is -0.435 e. The first kappa shape index (κ1) is 15.9. The number of piperidine rings is 1. The second kappa shape index (κ2) is 5.13. The maximum absolute atomic E-state index is 6.03. The molecule has 5 heteroatoms. The molecule has 2 bridgehead atoms. The first-order valence-electron chi connectivity index (χ1n) is 9.35. The van der Waals surface area contributed by atoms with Crippen LogP contribution in [0.2, 0.25) is 0 Å². The van der Waals surface area contributed by atoms with E-state index in [9.17, 15) is 0 Å². The van der Waals surface area contributed by atoms with Gasteiger partial charge in [0.2, 0.25) is 5.89 Å². The van der Waals surface area contributed by atoms with Crippen LogP contribution in [0.1, 0.15) is 44.0 Å². The van der Waals surface area contributed by atoms with E-state index in [0.29, 0.717) is 17.6 Å². The molecule has 2 aliphatic rings. The molecule has 1 saturated heterocycles. The van der Waals surface area contributed by atoms with Gasteiger partial charge < -0.3 is 9.73 Å². The zero-order chi connectivity index (χ0) is 18.1. The maximum Gasteiger partial charge on any atom is 0.247 e.